The quantitative estimate of drug-likeness (QED) is 0.160. The lowest BCUT2D eigenvalue weighted by Crippen LogP contribution is -2.20. The lowest BCUT2D eigenvalue weighted by atomic mass is 10.0. The van der Waals surface area contributed by atoms with Gasteiger partial charge in [0.25, 0.3) is 0 Å². The smallest absolute Gasteiger partial charge is 0.156 e. The zero-order valence-corrected chi connectivity index (χ0v) is 19.3. The molecule has 0 radical (unpaired) electrons. The van der Waals surface area contributed by atoms with Gasteiger partial charge in [0.2, 0.25) is 0 Å². The molecule has 2 nitrogen and oxygen atoms in total. The van der Waals surface area contributed by atoms with Gasteiger partial charge in [-0.3, -0.25) is 0 Å². The Kier molecular flexibility index (Phi) is 19.6. The van der Waals surface area contributed by atoms with Gasteiger partial charge in [-0.05, 0) is 12.0 Å². The van der Waals surface area contributed by atoms with Crippen LogP contribution in [0.15, 0.2) is 0 Å². The topological polar surface area (TPSA) is 18.5 Å². The molecule has 0 aromatic heterocycles. The largest absolute Gasteiger partial charge is 0.356 e. The van der Waals surface area contributed by atoms with Gasteiger partial charge in [0.15, 0.2) is 6.29 Å². The molecular formula is C21H46O2Si. The van der Waals surface area contributed by atoms with Gasteiger partial charge in [-0.2, -0.15) is 0 Å². The number of ether oxygens (including phenoxy) is 2. The van der Waals surface area contributed by atoms with Crippen LogP contribution in [0.4, 0.5) is 0 Å². The van der Waals surface area contributed by atoms with Crippen LogP contribution in [-0.4, -0.2) is 30.8 Å². The standard InChI is InChI=1S/C21H46O2Si/c1-4-5-6-7-8-9-10-11-12-13-14-15-16-17-18-19-20(24)21(22-2)23-3/h20-21H,4-19H2,1-3,24H3. The summed E-state index contributed by atoms with van der Waals surface area (Å²) in [6.07, 6.45) is 22.8. The first-order valence-corrected chi connectivity index (χ1v) is 12.0. The summed E-state index contributed by atoms with van der Waals surface area (Å²) in [5.41, 5.74) is 0.641. The highest BCUT2D eigenvalue weighted by molar-refractivity contribution is 6.11. The SMILES string of the molecule is CCCCCCCCCCCCCCCCCC([SiH3])C(OC)OC. The van der Waals surface area contributed by atoms with E-state index in [-0.39, 0.29) is 6.29 Å². The van der Waals surface area contributed by atoms with Crippen LogP contribution in [0.25, 0.3) is 0 Å². The number of unbranched alkanes of at least 4 members (excludes halogenated alkanes) is 14. The van der Waals surface area contributed by atoms with Crippen LogP contribution < -0.4 is 0 Å². The minimum atomic E-state index is 0.0308. The van der Waals surface area contributed by atoms with E-state index in [1.54, 1.807) is 14.2 Å². The van der Waals surface area contributed by atoms with Crippen molar-refractivity contribution < 1.29 is 9.47 Å². The van der Waals surface area contributed by atoms with Gasteiger partial charge in [0, 0.05) is 24.5 Å². The predicted octanol–water partition coefficient (Wildman–Crippen LogP) is 6.02. The Balaban J connectivity index is 3.15. The maximum Gasteiger partial charge on any atom is 0.156 e. The van der Waals surface area contributed by atoms with Gasteiger partial charge >= 0.3 is 0 Å². The van der Waals surface area contributed by atoms with Crippen molar-refractivity contribution in [3.05, 3.63) is 0 Å². The van der Waals surface area contributed by atoms with Gasteiger partial charge in [-0.15, -0.1) is 0 Å². The Hall–Kier alpha value is 0.137. The highest BCUT2D eigenvalue weighted by atomic mass is 28.1. The molecule has 0 aliphatic carbocycles. The average Bonchev–Trinajstić information content (AvgIpc) is 2.59. The van der Waals surface area contributed by atoms with Crippen molar-refractivity contribution in [1.29, 1.82) is 0 Å². The molecule has 0 saturated heterocycles. The van der Waals surface area contributed by atoms with Gasteiger partial charge < -0.3 is 9.47 Å². The van der Waals surface area contributed by atoms with Crippen molar-refractivity contribution >= 4 is 10.2 Å². The average molecular weight is 359 g/mol. The van der Waals surface area contributed by atoms with Crippen molar-refractivity contribution in [3.63, 3.8) is 0 Å². The molecule has 0 fully saturated rings. The highest BCUT2D eigenvalue weighted by Crippen LogP contribution is 2.20. The molecule has 0 aliphatic heterocycles. The summed E-state index contributed by atoms with van der Waals surface area (Å²) in [7, 11) is 4.67. The van der Waals surface area contributed by atoms with Gasteiger partial charge in [0.1, 0.15) is 0 Å². The third-order valence-electron chi connectivity index (χ3n) is 5.19. The van der Waals surface area contributed by atoms with Gasteiger partial charge in [-0.1, -0.05) is 103 Å². The van der Waals surface area contributed by atoms with Gasteiger partial charge in [-0.25, -0.2) is 0 Å². The minimum Gasteiger partial charge on any atom is -0.356 e. The summed E-state index contributed by atoms with van der Waals surface area (Å²) in [5, 5.41) is 0. The summed E-state index contributed by atoms with van der Waals surface area (Å²) in [5.74, 6) is 0. The third kappa shape index (κ3) is 15.7. The molecule has 1 atom stereocenters. The first-order valence-electron chi connectivity index (χ1n) is 10.8. The molecule has 0 amide bonds. The van der Waals surface area contributed by atoms with E-state index in [4.69, 9.17) is 9.47 Å². The fourth-order valence-electron chi connectivity index (χ4n) is 3.53. The molecule has 146 valence electrons. The Bertz CT molecular complexity index is 232. The van der Waals surface area contributed by atoms with Crippen molar-refractivity contribution in [3.8, 4) is 0 Å². The van der Waals surface area contributed by atoms with E-state index in [2.05, 4.69) is 6.92 Å². The van der Waals surface area contributed by atoms with E-state index < -0.39 is 0 Å². The Morgan fingerprint density at radius 1 is 0.583 bits per heavy atom. The molecule has 0 aromatic rings. The van der Waals surface area contributed by atoms with Crippen LogP contribution >= 0.6 is 0 Å². The third-order valence-corrected chi connectivity index (χ3v) is 6.31. The number of hydrogen-bond donors (Lipinski definition) is 0. The molecule has 0 aliphatic rings. The zero-order chi connectivity index (χ0) is 17.9. The second-order valence-corrected chi connectivity index (χ2v) is 9.04. The number of methoxy groups -OCH3 is 2. The van der Waals surface area contributed by atoms with E-state index in [1.807, 2.05) is 0 Å². The second-order valence-electron chi connectivity index (χ2n) is 7.56. The van der Waals surface area contributed by atoms with E-state index in [0.717, 1.165) is 10.2 Å². The second kappa shape index (κ2) is 19.5. The maximum atomic E-state index is 5.35. The summed E-state index contributed by atoms with van der Waals surface area (Å²) in [6.45, 7) is 2.29. The van der Waals surface area contributed by atoms with Crippen LogP contribution in [0.1, 0.15) is 110 Å². The van der Waals surface area contributed by atoms with E-state index >= 15 is 0 Å². The normalized spacial score (nSPS) is 13.0. The summed E-state index contributed by atoms with van der Waals surface area (Å²) >= 11 is 0. The molecular weight excluding hydrogens is 312 g/mol. The number of hydrogen-bond acceptors (Lipinski definition) is 2. The van der Waals surface area contributed by atoms with Crippen LogP contribution in [-0.2, 0) is 9.47 Å². The zero-order valence-electron chi connectivity index (χ0n) is 17.3. The molecule has 0 saturated carbocycles. The highest BCUT2D eigenvalue weighted by Gasteiger charge is 2.14. The molecule has 0 heterocycles. The first kappa shape index (κ1) is 24.1. The van der Waals surface area contributed by atoms with Gasteiger partial charge in [0.05, 0.1) is 0 Å². The first-order chi connectivity index (χ1) is 11.8. The molecule has 24 heavy (non-hydrogen) atoms. The summed E-state index contributed by atoms with van der Waals surface area (Å²) in [6, 6.07) is 0. The predicted molar refractivity (Wildman–Crippen MR) is 111 cm³/mol. The molecule has 3 heteroatoms. The van der Waals surface area contributed by atoms with E-state index in [1.165, 1.54) is 103 Å². The summed E-state index contributed by atoms with van der Waals surface area (Å²) in [4.78, 5) is 0. The minimum absolute atomic E-state index is 0.0308. The van der Waals surface area contributed by atoms with Crippen molar-refractivity contribution in [2.75, 3.05) is 14.2 Å². The lowest BCUT2D eigenvalue weighted by Gasteiger charge is -2.20. The lowest BCUT2D eigenvalue weighted by molar-refractivity contribution is -0.106. The van der Waals surface area contributed by atoms with Crippen LogP contribution in [0.3, 0.4) is 0 Å². The van der Waals surface area contributed by atoms with Crippen molar-refractivity contribution in [2.24, 2.45) is 0 Å². The van der Waals surface area contributed by atoms with Crippen LogP contribution in [0.5, 0.6) is 0 Å². The molecule has 1 unspecified atom stereocenters. The van der Waals surface area contributed by atoms with Crippen LogP contribution in [0, 0.1) is 0 Å². The summed E-state index contributed by atoms with van der Waals surface area (Å²) < 4.78 is 10.7. The maximum absolute atomic E-state index is 5.35. The fraction of sp³-hybridized carbons (Fsp3) is 1.00. The monoisotopic (exact) mass is 358 g/mol. The van der Waals surface area contributed by atoms with E-state index in [9.17, 15) is 0 Å². The van der Waals surface area contributed by atoms with Crippen LogP contribution in [0.2, 0.25) is 5.54 Å². The molecule has 0 rings (SSSR count). The molecule has 0 spiro atoms. The molecule has 0 aromatic carbocycles. The van der Waals surface area contributed by atoms with Crippen molar-refractivity contribution in [1.82, 2.24) is 0 Å². The Morgan fingerprint density at radius 3 is 1.25 bits per heavy atom. The molecule has 0 N–H and O–H groups in total. The number of rotatable bonds is 19. The fourth-order valence-corrected chi connectivity index (χ4v) is 4.49. The Morgan fingerprint density at radius 2 is 0.917 bits per heavy atom. The molecule has 0 bridgehead atoms. The van der Waals surface area contributed by atoms with E-state index in [0.29, 0.717) is 5.54 Å². The Labute approximate surface area is 155 Å². The van der Waals surface area contributed by atoms with Crippen molar-refractivity contribution in [2.45, 2.75) is 121 Å².